The Hall–Kier alpha value is -0.910. The van der Waals surface area contributed by atoms with Crippen molar-refractivity contribution in [3.63, 3.8) is 0 Å². The van der Waals surface area contributed by atoms with Crippen LogP contribution in [0.5, 0.6) is 0 Å². The van der Waals surface area contributed by atoms with Crippen LogP contribution in [-0.4, -0.2) is 16.0 Å². The Balaban J connectivity index is 2.21. The third-order valence-corrected chi connectivity index (χ3v) is 5.20. The second-order valence-corrected chi connectivity index (χ2v) is 6.40. The van der Waals surface area contributed by atoms with Crippen LogP contribution in [0.1, 0.15) is 29.9 Å². The van der Waals surface area contributed by atoms with Gasteiger partial charge in [0.25, 0.3) is 0 Å². The fourth-order valence-electron chi connectivity index (χ4n) is 1.66. The lowest BCUT2D eigenvalue weighted by atomic mass is 10.1. The number of hydrogen-bond donors (Lipinski definition) is 1. The fourth-order valence-corrected chi connectivity index (χ4v) is 3.91. The summed E-state index contributed by atoms with van der Waals surface area (Å²) in [6.45, 7) is 4.13. The molecule has 0 saturated heterocycles. The first kappa shape index (κ1) is 13.5. The molecule has 0 radical (unpaired) electrons. The van der Waals surface area contributed by atoms with Crippen molar-refractivity contribution >= 4 is 23.1 Å². The van der Waals surface area contributed by atoms with Crippen LogP contribution in [0.2, 0.25) is 0 Å². The zero-order chi connectivity index (χ0) is 13.0. The summed E-state index contributed by atoms with van der Waals surface area (Å²) in [4.78, 5) is 8.68. The van der Waals surface area contributed by atoms with Gasteiger partial charge in [-0.25, -0.2) is 4.98 Å². The van der Waals surface area contributed by atoms with Crippen molar-refractivity contribution in [3.8, 4) is 0 Å². The molecule has 2 aromatic heterocycles. The van der Waals surface area contributed by atoms with Crippen LogP contribution in [0.25, 0.3) is 0 Å². The number of rotatable bonds is 5. The normalized spacial score (nSPS) is 14.4. The van der Waals surface area contributed by atoms with E-state index in [-0.39, 0.29) is 11.3 Å². The maximum absolute atomic E-state index is 6.23. The molecule has 2 aromatic rings. The Kier molecular flexibility index (Phi) is 4.74. The number of nitrogens with zero attached hydrogens (tertiary/aromatic N) is 2. The molecule has 2 heterocycles. The predicted octanol–water partition coefficient (Wildman–Crippen LogP) is 3.42. The van der Waals surface area contributed by atoms with Gasteiger partial charge in [0.15, 0.2) is 4.34 Å². The van der Waals surface area contributed by atoms with E-state index in [0.29, 0.717) is 0 Å². The minimum Gasteiger partial charge on any atom is -0.326 e. The second-order valence-electron chi connectivity index (χ2n) is 4.15. The average Bonchev–Trinajstić information content (AvgIpc) is 2.82. The summed E-state index contributed by atoms with van der Waals surface area (Å²) in [6.07, 6.45) is 4.63. The third-order valence-electron chi connectivity index (χ3n) is 2.70. The lowest BCUT2D eigenvalue weighted by Crippen LogP contribution is -2.25. The quantitative estimate of drug-likeness (QED) is 0.852. The van der Waals surface area contributed by atoms with E-state index >= 15 is 0 Å². The van der Waals surface area contributed by atoms with Crippen LogP contribution in [0, 0.1) is 6.92 Å². The van der Waals surface area contributed by atoms with E-state index in [1.807, 2.05) is 19.2 Å². The minimum absolute atomic E-state index is 0.114. The lowest BCUT2D eigenvalue weighted by Gasteiger charge is -2.21. The van der Waals surface area contributed by atoms with Crippen LogP contribution in [0.15, 0.2) is 34.2 Å². The molecular formula is C13H17N3S2. The molecule has 2 rings (SSSR count). The number of thiazole rings is 1. The zero-order valence-corrected chi connectivity index (χ0v) is 12.2. The first-order valence-corrected chi connectivity index (χ1v) is 7.71. The molecule has 18 heavy (non-hydrogen) atoms. The number of thioether (sulfide) groups is 1. The van der Waals surface area contributed by atoms with E-state index in [4.69, 9.17) is 5.73 Å². The Bertz CT molecular complexity index is 484. The molecule has 5 heteroatoms. The molecule has 0 saturated carbocycles. The van der Waals surface area contributed by atoms with Crippen LogP contribution in [-0.2, 0) is 0 Å². The number of nitrogens with two attached hydrogens (primary N) is 1. The molecule has 0 amide bonds. The maximum atomic E-state index is 6.23. The van der Waals surface area contributed by atoms with Crippen molar-refractivity contribution in [3.05, 3.63) is 41.2 Å². The van der Waals surface area contributed by atoms with E-state index in [9.17, 15) is 0 Å². The van der Waals surface area contributed by atoms with Crippen molar-refractivity contribution in [1.29, 1.82) is 0 Å². The van der Waals surface area contributed by atoms with Crippen LogP contribution < -0.4 is 5.73 Å². The number of hydrogen-bond acceptors (Lipinski definition) is 5. The van der Waals surface area contributed by atoms with Gasteiger partial charge in [0.1, 0.15) is 0 Å². The summed E-state index contributed by atoms with van der Waals surface area (Å²) in [6, 6.07) is 4.15. The van der Waals surface area contributed by atoms with Crippen LogP contribution >= 0.6 is 23.1 Å². The monoisotopic (exact) mass is 279 g/mol. The maximum Gasteiger partial charge on any atom is 0.150 e. The van der Waals surface area contributed by atoms with E-state index in [1.54, 1.807) is 29.3 Å². The average molecular weight is 279 g/mol. The minimum atomic E-state index is 0.114. The highest BCUT2D eigenvalue weighted by Gasteiger charge is 2.21. The standard InChI is InChI=1S/C13H17N3S2/c1-3-11(14)12(10-5-4-6-15-7-10)18-13-16-9(2)8-17-13/h4-8,11-12H,3,14H2,1-2H3. The SMILES string of the molecule is CCC(N)C(Sc1nc(C)cs1)c1cccnc1. The van der Waals surface area contributed by atoms with E-state index in [0.717, 1.165) is 16.5 Å². The third kappa shape index (κ3) is 3.31. The van der Waals surface area contributed by atoms with Crippen LogP contribution in [0.3, 0.4) is 0 Å². The molecule has 2 N–H and O–H groups in total. The van der Waals surface area contributed by atoms with Crippen molar-refractivity contribution in [2.75, 3.05) is 0 Å². The molecule has 0 aliphatic heterocycles. The lowest BCUT2D eigenvalue weighted by molar-refractivity contribution is 0.632. The highest BCUT2D eigenvalue weighted by Crippen LogP contribution is 2.38. The molecular weight excluding hydrogens is 262 g/mol. The smallest absolute Gasteiger partial charge is 0.150 e. The van der Waals surface area contributed by atoms with E-state index in [1.165, 1.54) is 5.56 Å². The van der Waals surface area contributed by atoms with E-state index in [2.05, 4.69) is 28.3 Å². The Morgan fingerprint density at radius 1 is 1.50 bits per heavy atom. The van der Waals surface area contributed by atoms with Gasteiger partial charge in [-0.3, -0.25) is 4.98 Å². The first-order chi connectivity index (χ1) is 8.70. The van der Waals surface area contributed by atoms with Gasteiger partial charge in [-0.1, -0.05) is 24.8 Å². The Morgan fingerprint density at radius 3 is 2.89 bits per heavy atom. The predicted molar refractivity (Wildman–Crippen MR) is 78.0 cm³/mol. The molecule has 0 bridgehead atoms. The van der Waals surface area contributed by atoms with Gasteiger partial charge in [-0.05, 0) is 25.0 Å². The number of aryl methyl sites for hydroxylation is 1. The molecule has 0 fully saturated rings. The summed E-state index contributed by atoms with van der Waals surface area (Å²) in [5, 5.41) is 2.29. The molecule has 96 valence electrons. The first-order valence-electron chi connectivity index (χ1n) is 5.95. The van der Waals surface area contributed by atoms with Gasteiger partial charge in [0, 0.05) is 29.5 Å². The molecule has 2 unspecified atom stereocenters. The van der Waals surface area contributed by atoms with Gasteiger partial charge in [-0.15, -0.1) is 11.3 Å². The Labute approximate surface area is 116 Å². The van der Waals surface area contributed by atoms with E-state index < -0.39 is 0 Å². The molecule has 2 atom stereocenters. The van der Waals surface area contributed by atoms with Gasteiger partial charge >= 0.3 is 0 Å². The summed E-state index contributed by atoms with van der Waals surface area (Å²) in [5.41, 5.74) is 8.47. The molecule has 0 aliphatic rings. The van der Waals surface area contributed by atoms with Gasteiger partial charge in [0.2, 0.25) is 0 Å². The Morgan fingerprint density at radius 2 is 2.33 bits per heavy atom. The highest BCUT2D eigenvalue weighted by atomic mass is 32.2. The summed E-state index contributed by atoms with van der Waals surface area (Å²) in [7, 11) is 0. The summed E-state index contributed by atoms with van der Waals surface area (Å²) >= 11 is 3.41. The highest BCUT2D eigenvalue weighted by molar-refractivity contribution is 8.01. The van der Waals surface area contributed by atoms with Gasteiger partial charge < -0.3 is 5.73 Å². The summed E-state index contributed by atoms with van der Waals surface area (Å²) < 4.78 is 1.07. The molecule has 0 aliphatic carbocycles. The number of pyridine rings is 1. The zero-order valence-electron chi connectivity index (χ0n) is 10.5. The van der Waals surface area contributed by atoms with Gasteiger partial charge in [-0.2, -0.15) is 0 Å². The summed E-state index contributed by atoms with van der Waals surface area (Å²) in [5.74, 6) is 0. The van der Waals surface area contributed by atoms with Crippen molar-refractivity contribution in [2.45, 2.75) is 35.9 Å². The number of aromatic nitrogens is 2. The molecule has 0 aromatic carbocycles. The molecule has 0 spiro atoms. The molecule has 3 nitrogen and oxygen atoms in total. The van der Waals surface area contributed by atoms with Crippen molar-refractivity contribution in [1.82, 2.24) is 9.97 Å². The van der Waals surface area contributed by atoms with Crippen molar-refractivity contribution in [2.24, 2.45) is 5.73 Å². The largest absolute Gasteiger partial charge is 0.326 e. The fraction of sp³-hybridized carbons (Fsp3) is 0.385. The van der Waals surface area contributed by atoms with Gasteiger partial charge in [0.05, 0.1) is 5.25 Å². The van der Waals surface area contributed by atoms with Crippen molar-refractivity contribution < 1.29 is 0 Å². The van der Waals surface area contributed by atoms with Crippen LogP contribution in [0.4, 0.5) is 0 Å². The second kappa shape index (κ2) is 6.31. The topological polar surface area (TPSA) is 51.8 Å².